The highest BCUT2D eigenvalue weighted by Crippen LogP contribution is 2.52. The summed E-state index contributed by atoms with van der Waals surface area (Å²) in [5.74, 6) is -0.0849. The van der Waals surface area contributed by atoms with Gasteiger partial charge in [-0.3, -0.25) is 19.5 Å². The lowest BCUT2D eigenvalue weighted by Gasteiger charge is -2.48. The van der Waals surface area contributed by atoms with Crippen LogP contribution in [0, 0.1) is 16.7 Å². The molecule has 0 saturated carbocycles. The van der Waals surface area contributed by atoms with Crippen LogP contribution in [-0.2, 0) is 15.0 Å². The van der Waals surface area contributed by atoms with Crippen LogP contribution in [0.25, 0.3) is 0 Å². The van der Waals surface area contributed by atoms with Crippen molar-refractivity contribution in [3.63, 3.8) is 0 Å². The number of fused-ring (bicyclic) bond motifs is 1. The molecule has 1 atom stereocenters. The Morgan fingerprint density at radius 2 is 1.89 bits per heavy atom. The SMILES string of the molecule is CC1(C)C(=O)C(C#N)=C[C@]2(c3ccccc3)C(=O)N(c3cnccn3)CC=C12. The lowest BCUT2D eigenvalue weighted by atomic mass is 9.56. The van der Waals surface area contributed by atoms with Gasteiger partial charge in [0.2, 0.25) is 5.91 Å². The number of benzene rings is 1. The average Bonchev–Trinajstić information content (AvgIpc) is 2.73. The molecule has 1 aliphatic carbocycles. The van der Waals surface area contributed by atoms with Gasteiger partial charge in [0.25, 0.3) is 0 Å². The first-order valence-corrected chi connectivity index (χ1v) is 8.95. The van der Waals surface area contributed by atoms with Crippen LogP contribution < -0.4 is 4.90 Å². The van der Waals surface area contributed by atoms with E-state index < -0.39 is 10.8 Å². The van der Waals surface area contributed by atoms with E-state index in [1.807, 2.05) is 42.5 Å². The fourth-order valence-corrected chi connectivity index (χ4v) is 4.16. The van der Waals surface area contributed by atoms with E-state index in [1.165, 1.54) is 18.5 Å². The monoisotopic (exact) mass is 370 g/mol. The van der Waals surface area contributed by atoms with Crippen LogP contribution >= 0.6 is 0 Å². The molecule has 2 aromatic rings. The third-order valence-corrected chi connectivity index (χ3v) is 5.51. The molecule has 28 heavy (non-hydrogen) atoms. The number of aromatic nitrogens is 2. The number of carbonyl (C=O) groups excluding carboxylic acids is 2. The molecular formula is C22H18N4O2. The van der Waals surface area contributed by atoms with E-state index in [-0.39, 0.29) is 23.8 Å². The molecule has 4 rings (SSSR count). The Hall–Kier alpha value is -3.59. The third-order valence-electron chi connectivity index (χ3n) is 5.51. The van der Waals surface area contributed by atoms with Crippen LogP contribution in [0.1, 0.15) is 19.4 Å². The molecule has 0 radical (unpaired) electrons. The van der Waals surface area contributed by atoms with Gasteiger partial charge in [-0.05, 0) is 31.1 Å². The van der Waals surface area contributed by atoms with E-state index in [9.17, 15) is 14.9 Å². The molecule has 0 fully saturated rings. The first-order chi connectivity index (χ1) is 13.4. The first kappa shape index (κ1) is 17.8. The summed E-state index contributed by atoms with van der Waals surface area (Å²) in [5.41, 5.74) is -0.798. The van der Waals surface area contributed by atoms with Crippen molar-refractivity contribution in [1.82, 2.24) is 9.97 Å². The molecule has 2 heterocycles. The van der Waals surface area contributed by atoms with Crippen LogP contribution in [-0.4, -0.2) is 28.2 Å². The number of anilines is 1. The van der Waals surface area contributed by atoms with E-state index in [4.69, 9.17) is 0 Å². The zero-order chi connectivity index (χ0) is 19.9. The highest BCUT2D eigenvalue weighted by molar-refractivity contribution is 6.14. The van der Waals surface area contributed by atoms with Crippen molar-refractivity contribution in [3.05, 3.63) is 77.8 Å². The largest absolute Gasteiger partial charge is 0.292 e. The number of nitrogens with zero attached hydrogens (tertiary/aromatic N) is 4. The number of hydrogen-bond acceptors (Lipinski definition) is 5. The van der Waals surface area contributed by atoms with Gasteiger partial charge in [0.15, 0.2) is 11.6 Å². The predicted molar refractivity (Wildman–Crippen MR) is 103 cm³/mol. The molecule has 0 saturated heterocycles. The van der Waals surface area contributed by atoms with Crippen LogP contribution in [0.15, 0.2) is 72.2 Å². The Morgan fingerprint density at radius 1 is 1.14 bits per heavy atom. The molecule has 0 N–H and O–H groups in total. The number of amides is 1. The second kappa shape index (κ2) is 6.24. The minimum Gasteiger partial charge on any atom is -0.292 e. The van der Waals surface area contributed by atoms with Gasteiger partial charge in [0.05, 0.1) is 17.2 Å². The number of ketones is 1. The van der Waals surface area contributed by atoms with E-state index in [1.54, 1.807) is 24.9 Å². The number of nitriles is 1. The van der Waals surface area contributed by atoms with Crippen LogP contribution in [0.4, 0.5) is 5.82 Å². The topological polar surface area (TPSA) is 87.0 Å². The lowest BCUT2D eigenvalue weighted by Crippen LogP contribution is -2.57. The predicted octanol–water partition coefficient (Wildman–Crippen LogP) is 2.75. The quantitative estimate of drug-likeness (QED) is 0.759. The highest BCUT2D eigenvalue weighted by atomic mass is 16.2. The molecule has 6 heteroatoms. The molecular weight excluding hydrogens is 352 g/mol. The molecule has 1 aromatic heterocycles. The minimum absolute atomic E-state index is 0.000323. The molecule has 138 valence electrons. The first-order valence-electron chi connectivity index (χ1n) is 8.95. The average molecular weight is 370 g/mol. The maximum Gasteiger partial charge on any atom is 0.247 e. The van der Waals surface area contributed by atoms with Gasteiger partial charge in [-0.15, -0.1) is 0 Å². The highest BCUT2D eigenvalue weighted by Gasteiger charge is 2.57. The molecule has 0 spiro atoms. The number of allylic oxidation sites excluding steroid dienone is 1. The summed E-state index contributed by atoms with van der Waals surface area (Å²) in [6, 6.07) is 11.3. The molecule has 0 unspecified atom stereocenters. The van der Waals surface area contributed by atoms with Gasteiger partial charge in [0.1, 0.15) is 11.5 Å². The van der Waals surface area contributed by atoms with Crippen molar-refractivity contribution in [3.8, 4) is 6.07 Å². The van der Waals surface area contributed by atoms with Gasteiger partial charge in [-0.2, -0.15) is 5.26 Å². The zero-order valence-electron chi connectivity index (χ0n) is 15.6. The Bertz CT molecular complexity index is 1060. The maximum absolute atomic E-state index is 13.9. The summed E-state index contributed by atoms with van der Waals surface area (Å²) < 4.78 is 0. The number of rotatable bonds is 2. The van der Waals surface area contributed by atoms with E-state index in [0.717, 1.165) is 0 Å². The summed E-state index contributed by atoms with van der Waals surface area (Å²) >= 11 is 0. The van der Waals surface area contributed by atoms with Gasteiger partial charge >= 0.3 is 0 Å². The molecule has 1 aromatic carbocycles. The normalized spacial score (nSPS) is 23.4. The summed E-state index contributed by atoms with van der Waals surface area (Å²) in [7, 11) is 0. The molecule has 6 nitrogen and oxygen atoms in total. The molecule has 1 aliphatic heterocycles. The lowest BCUT2D eigenvalue weighted by molar-refractivity contribution is -0.125. The van der Waals surface area contributed by atoms with Crippen molar-refractivity contribution in [2.75, 3.05) is 11.4 Å². The fourth-order valence-electron chi connectivity index (χ4n) is 4.16. The molecule has 0 bridgehead atoms. The summed E-state index contributed by atoms with van der Waals surface area (Å²) in [6.07, 6.45) is 8.03. The van der Waals surface area contributed by atoms with E-state index in [2.05, 4.69) is 9.97 Å². The Balaban J connectivity index is 2.03. The van der Waals surface area contributed by atoms with E-state index >= 15 is 0 Å². The van der Waals surface area contributed by atoms with Crippen molar-refractivity contribution in [2.45, 2.75) is 19.3 Å². The molecule has 1 amide bonds. The van der Waals surface area contributed by atoms with Crippen molar-refractivity contribution in [1.29, 1.82) is 5.26 Å². The smallest absolute Gasteiger partial charge is 0.247 e. The Labute approximate surface area is 162 Å². The van der Waals surface area contributed by atoms with Gasteiger partial charge in [-0.25, -0.2) is 4.98 Å². The van der Waals surface area contributed by atoms with Crippen LogP contribution in [0.2, 0.25) is 0 Å². The number of hydrogen-bond donors (Lipinski definition) is 0. The van der Waals surface area contributed by atoms with Crippen LogP contribution in [0.3, 0.4) is 0 Å². The van der Waals surface area contributed by atoms with Gasteiger partial charge in [-0.1, -0.05) is 36.4 Å². The van der Waals surface area contributed by atoms with Crippen molar-refractivity contribution in [2.24, 2.45) is 5.41 Å². The summed E-state index contributed by atoms with van der Waals surface area (Å²) in [6.45, 7) is 3.83. The fraction of sp³-hybridized carbons (Fsp3) is 0.227. The summed E-state index contributed by atoms with van der Waals surface area (Å²) in [4.78, 5) is 36.7. The van der Waals surface area contributed by atoms with Crippen LogP contribution in [0.5, 0.6) is 0 Å². The second-order valence-corrected chi connectivity index (χ2v) is 7.40. The number of carbonyl (C=O) groups is 2. The zero-order valence-corrected chi connectivity index (χ0v) is 15.6. The van der Waals surface area contributed by atoms with Crippen molar-refractivity contribution >= 4 is 17.5 Å². The Kier molecular flexibility index (Phi) is 3.97. The van der Waals surface area contributed by atoms with Gasteiger partial charge < -0.3 is 0 Å². The van der Waals surface area contributed by atoms with E-state index in [0.29, 0.717) is 17.0 Å². The number of Topliss-reactive ketones (excluding diaryl/α,β-unsaturated/α-hetero) is 1. The molecule has 2 aliphatic rings. The third kappa shape index (κ3) is 2.33. The van der Waals surface area contributed by atoms with Crippen molar-refractivity contribution < 1.29 is 9.59 Å². The van der Waals surface area contributed by atoms with Gasteiger partial charge in [0, 0.05) is 18.9 Å². The standard InChI is InChI=1S/C22H18N4O2/c1-21(2)17-8-11-26(18-14-24-9-10-25-18)20(28)22(17,12-15(13-23)19(21)27)16-6-4-3-5-7-16/h3-10,12,14H,11H2,1-2H3/t22-/m1/s1. The minimum atomic E-state index is -1.24. The maximum atomic E-state index is 13.9. The summed E-state index contributed by atoms with van der Waals surface area (Å²) in [5, 5.41) is 9.61. The Morgan fingerprint density at radius 3 is 2.54 bits per heavy atom. The second-order valence-electron chi connectivity index (χ2n) is 7.40.